The number of nitrogens with one attached hydrogen (secondary N) is 1. The summed E-state index contributed by atoms with van der Waals surface area (Å²) >= 11 is 0. The molecule has 5 heteroatoms. The van der Waals surface area contributed by atoms with Gasteiger partial charge in [-0.15, -0.1) is 0 Å². The fourth-order valence-electron chi connectivity index (χ4n) is 1.65. The highest BCUT2D eigenvalue weighted by atomic mass is 16.2. The van der Waals surface area contributed by atoms with E-state index in [0.717, 1.165) is 19.5 Å². The lowest BCUT2D eigenvalue weighted by Gasteiger charge is -2.30. The van der Waals surface area contributed by atoms with Gasteiger partial charge in [0.25, 0.3) is 0 Å². The van der Waals surface area contributed by atoms with Gasteiger partial charge in [-0.25, -0.2) is 4.79 Å². The van der Waals surface area contributed by atoms with Gasteiger partial charge in [0.1, 0.15) is 0 Å². The monoisotopic (exact) mass is 199 g/mol. The van der Waals surface area contributed by atoms with Crippen LogP contribution in [-0.2, 0) is 4.79 Å². The van der Waals surface area contributed by atoms with Gasteiger partial charge in [-0.2, -0.15) is 0 Å². The molecule has 0 aromatic heterocycles. The number of carbonyl (C=O) groups is 2. The largest absolute Gasteiger partial charge is 0.368 e. The second-order valence-corrected chi connectivity index (χ2v) is 3.82. The standard InChI is InChI=1S/C9H17N3O2/c1-7-3-2-4-12(6-7)9(14)11-5-8(10)13/h7H,2-6H2,1H3,(H2,10,13)(H,11,14). The Morgan fingerprint density at radius 1 is 1.57 bits per heavy atom. The Morgan fingerprint density at radius 2 is 2.29 bits per heavy atom. The van der Waals surface area contributed by atoms with Gasteiger partial charge in [0, 0.05) is 13.1 Å². The van der Waals surface area contributed by atoms with Gasteiger partial charge >= 0.3 is 6.03 Å². The summed E-state index contributed by atoms with van der Waals surface area (Å²) in [6.07, 6.45) is 2.20. The van der Waals surface area contributed by atoms with E-state index in [1.54, 1.807) is 4.90 Å². The maximum absolute atomic E-state index is 11.5. The molecule has 5 nitrogen and oxygen atoms in total. The molecule has 0 bridgehead atoms. The van der Waals surface area contributed by atoms with E-state index < -0.39 is 5.91 Å². The molecule has 0 saturated carbocycles. The van der Waals surface area contributed by atoms with Crippen molar-refractivity contribution in [2.24, 2.45) is 11.7 Å². The van der Waals surface area contributed by atoms with Crippen LogP contribution in [0, 0.1) is 5.92 Å². The van der Waals surface area contributed by atoms with Crippen molar-refractivity contribution in [3.8, 4) is 0 Å². The molecule has 1 heterocycles. The lowest BCUT2D eigenvalue weighted by molar-refractivity contribution is -0.117. The van der Waals surface area contributed by atoms with Crippen LogP contribution in [0.1, 0.15) is 19.8 Å². The first-order chi connectivity index (χ1) is 6.59. The van der Waals surface area contributed by atoms with E-state index in [1.165, 1.54) is 6.42 Å². The summed E-state index contributed by atoms with van der Waals surface area (Å²) in [7, 11) is 0. The molecule has 3 amide bonds. The van der Waals surface area contributed by atoms with Gasteiger partial charge in [0.2, 0.25) is 5.91 Å². The molecule has 0 aromatic carbocycles. The smallest absolute Gasteiger partial charge is 0.317 e. The minimum Gasteiger partial charge on any atom is -0.368 e. The van der Waals surface area contributed by atoms with E-state index in [9.17, 15) is 9.59 Å². The quantitative estimate of drug-likeness (QED) is 0.652. The van der Waals surface area contributed by atoms with Crippen LogP contribution in [0.25, 0.3) is 0 Å². The van der Waals surface area contributed by atoms with Crippen LogP contribution >= 0.6 is 0 Å². The third-order valence-electron chi connectivity index (χ3n) is 2.36. The predicted octanol–water partition coefficient (Wildman–Crippen LogP) is -0.0868. The van der Waals surface area contributed by atoms with Gasteiger partial charge in [-0.3, -0.25) is 4.79 Å². The Kier molecular flexibility index (Phi) is 3.73. The summed E-state index contributed by atoms with van der Waals surface area (Å²) < 4.78 is 0. The number of likely N-dealkylation sites (tertiary alicyclic amines) is 1. The summed E-state index contributed by atoms with van der Waals surface area (Å²) in [4.78, 5) is 23.6. The van der Waals surface area contributed by atoms with E-state index >= 15 is 0 Å². The van der Waals surface area contributed by atoms with E-state index in [-0.39, 0.29) is 12.6 Å². The minimum absolute atomic E-state index is 0.0796. The average Bonchev–Trinajstić information content (AvgIpc) is 2.14. The number of hydrogen-bond acceptors (Lipinski definition) is 2. The molecule has 3 N–H and O–H groups in total. The Hall–Kier alpha value is -1.26. The first-order valence-electron chi connectivity index (χ1n) is 4.90. The highest BCUT2D eigenvalue weighted by Gasteiger charge is 2.20. The first kappa shape index (κ1) is 10.8. The maximum atomic E-state index is 11.5. The highest BCUT2D eigenvalue weighted by Crippen LogP contribution is 2.14. The van der Waals surface area contributed by atoms with Crippen molar-refractivity contribution < 1.29 is 9.59 Å². The summed E-state index contributed by atoms with van der Waals surface area (Å²) in [6.45, 7) is 3.58. The fraction of sp³-hybridized carbons (Fsp3) is 0.778. The molecule has 1 fully saturated rings. The number of piperidine rings is 1. The lowest BCUT2D eigenvalue weighted by atomic mass is 10.0. The molecule has 14 heavy (non-hydrogen) atoms. The molecule has 0 radical (unpaired) electrons. The second kappa shape index (κ2) is 4.83. The Morgan fingerprint density at radius 3 is 2.86 bits per heavy atom. The number of rotatable bonds is 2. The molecule has 1 rings (SSSR count). The summed E-state index contributed by atoms with van der Waals surface area (Å²) in [6, 6.07) is -0.185. The van der Waals surface area contributed by atoms with Crippen molar-refractivity contribution in [3.05, 3.63) is 0 Å². The number of urea groups is 1. The minimum atomic E-state index is -0.511. The third-order valence-corrected chi connectivity index (χ3v) is 2.36. The van der Waals surface area contributed by atoms with E-state index in [2.05, 4.69) is 12.2 Å². The zero-order valence-electron chi connectivity index (χ0n) is 8.45. The molecule has 0 spiro atoms. The molecule has 80 valence electrons. The second-order valence-electron chi connectivity index (χ2n) is 3.82. The van der Waals surface area contributed by atoms with Crippen LogP contribution in [0.15, 0.2) is 0 Å². The summed E-state index contributed by atoms with van der Waals surface area (Å²) in [5, 5.41) is 2.48. The zero-order chi connectivity index (χ0) is 10.6. The SMILES string of the molecule is CC1CCCN(C(=O)NCC(N)=O)C1. The molecule has 0 aliphatic carbocycles. The zero-order valence-corrected chi connectivity index (χ0v) is 8.45. The summed E-state index contributed by atoms with van der Waals surface area (Å²) in [5.74, 6) is 0.0338. The van der Waals surface area contributed by atoms with Crippen LogP contribution in [0.5, 0.6) is 0 Å². The van der Waals surface area contributed by atoms with Crippen molar-refractivity contribution in [1.29, 1.82) is 0 Å². The first-order valence-corrected chi connectivity index (χ1v) is 4.90. The van der Waals surface area contributed by atoms with Crippen molar-refractivity contribution in [2.45, 2.75) is 19.8 Å². The average molecular weight is 199 g/mol. The summed E-state index contributed by atoms with van der Waals surface area (Å²) in [5.41, 5.74) is 4.93. The van der Waals surface area contributed by atoms with Gasteiger partial charge in [-0.05, 0) is 18.8 Å². The van der Waals surface area contributed by atoms with Gasteiger partial charge in [0.15, 0.2) is 0 Å². The number of amides is 3. The third kappa shape index (κ3) is 3.24. The number of primary amides is 1. The molecule has 1 aliphatic rings. The molecule has 1 atom stereocenters. The van der Waals surface area contributed by atoms with Crippen LogP contribution in [-0.4, -0.2) is 36.5 Å². The Labute approximate surface area is 83.6 Å². The number of nitrogens with zero attached hydrogens (tertiary/aromatic N) is 1. The Bertz CT molecular complexity index is 230. The molecule has 1 saturated heterocycles. The van der Waals surface area contributed by atoms with E-state index in [1.807, 2.05) is 0 Å². The molecule has 1 aliphatic heterocycles. The van der Waals surface area contributed by atoms with Gasteiger partial charge in [-0.1, -0.05) is 6.92 Å². The van der Waals surface area contributed by atoms with Crippen LogP contribution in [0.4, 0.5) is 4.79 Å². The van der Waals surface area contributed by atoms with Crippen LogP contribution < -0.4 is 11.1 Å². The highest BCUT2D eigenvalue weighted by molar-refractivity contribution is 5.82. The molecule has 0 aromatic rings. The van der Waals surface area contributed by atoms with Crippen LogP contribution in [0.3, 0.4) is 0 Å². The van der Waals surface area contributed by atoms with E-state index in [4.69, 9.17) is 5.73 Å². The van der Waals surface area contributed by atoms with Gasteiger partial charge < -0.3 is 16.0 Å². The normalized spacial score (nSPS) is 21.8. The molecular weight excluding hydrogens is 182 g/mol. The van der Waals surface area contributed by atoms with E-state index in [0.29, 0.717) is 5.92 Å². The van der Waals surface area contributed by atoms with Crippen molar-refractivity contribution in [1.82, 2.24) is 10.2 Å². The van der Waals surface area contributed by atoms with Crippen molar-refractivity contribution in [3.63, 3.8) is 0 Å². The number of carbonyl (C=O) groups excluding carboxylic acids is 2. The predicted molar refractivity (Wildman–Crippen MR) is 52.6 cm³/mol. The van der Waals surface area contributed by atoms with Crippen molar-refractivity contribution in [2.75, 3.05) is 19.6 Å². The fourth-order valence-corrected chi connectivity index (χ4v) is 1.65. The number of hydrogen-bond donors (Lipinski definition) is 2. The Balaban J connectivity index is 2.32. The topological polar surface area (TPSA) is 75.4 Å². The lowest BCUT2D eigenvalue weighted by Crippen LogP contribution is -2.47. The molecule has 1 unspecified atom stereocenters. The molecular formula is C9H17N3O2. The van der Waals surface area contributed by atoms with Crippen molar-refractivity contribution >= 4 is 11.9 Å². The van der Waals surface area contributed by atoms with Gasteiger partial charge in [0.05, 0.1) is 6.54 Å². The maximum Gasteiger partial charge on any atom is 0.317 e. The number of nitrogens with two attached hydrogens (primary N) is 1. The van der Waals surface area contributed by atoms with Crippen LogP contribution in [0.2, 0.25) is 0 Å².